The summed E-state index contributed by atoms with van der Waals surface area (Å²) < 4.78 is 28.7. The molecule has 2 aromatic rings. The number of amides is 1. The Morgan fingerprint density at radius 1 is 1.26 bits per heavy atom. The van der Waals surface area contributed by atoms with E-state index in [1.807, 2.05) is 0 Å². The molecule has 2 atom stereocenters. The predicted molar refractivity (Wildman–Crippen MR) is 98.9 cm³/mol. The fourth-order valence-electron chi connectivity index (χ4n) is 3.22. The van der Waals surface area contributed by atoms with Gasteiger partial charge in [-0.25, -0.2) is 13.2 Å². The number of likely N-dealkylation sites (N-methyl/N-ethyl adjacent to an activating group) is 1. The van der Waals surface area contributed by atoms with E-state index in [4.69, 9.17) is 4.74 Å². The number of esters is 1. The van der Waals surface area contributed by atoms with Gasteiger partial charge in [-0.2, -0.15) is 0 Å². The number of ether oxygens (including phenoxy) is 1. The van der Waals surface area contributed by atoms with E-state index in [9.17, 15) is 18.0 Å². The van der Waals surface area contributed by atoms with Crippen molar-refractivity contribution in [1.82, 2.24) is 14.9 Å². The standard InChI is InChI=1S/C18H21N3O5S/c1-3-21(14-6-9-27(24,25)11-14)17(22)12(2)26-18(23)13-4-5-15-16(10-13)20-8-7-19-15/h4-5,7-8,10,12,14H,3,6,9,11H2,1-2H3/t12-,14-/m0/s1. The van der Waals surface area contributed by atoms with Gasteiger partial charge in [-0.1, -0.05) is 0 Å². The summed E-state index contributed by atoms with van der Waals surface area (Å²) in [4.78, 5) is 34.8. The molecule has 9 heteroatoms. The molecule has 0 unspecified atom stereocenters. The van der Waals surface area contributed by atoms with E-state index in [-0.39, 0.29) is 23.1 Å². The van der Waals surface area contributed by atoms with Gasteiger partial charge < -0.3 is 9.64 Å². The Hall–Kier alpha value is -2.55. The Bertz CT molecular complexity index is 976. The maximum Gasteiger partial charge on any atom is 0.338 e. The third-order valence-electron chi connectivity index (χ3n) is 4.61. The number of nitrogens with zero attached hydrogens (tertiary/aromatic N) is 3. The molecule has 0 bridgehead atoms. The number of hydrogen-bond acceptors (Lipinski definition) is 7. The van der Waals surface area contributed by atoms with Crippen LogP contribution in [0.1, 0.15) is 30.6 Å². The van der Waals surface area contributed by atoms with Gasteiger partial charge in [0.05, 0.1) is 28.1 Å². The second-order valence-corrected chi connectivity index (χ2v) is 8.72. The normalized spacial score (nSPS) is 19.6. The molecule has 1 aromatic carbocycles. The second-order valence-electron chi connectivity index (χ2n) is 6.49. The highest BCUT2D eigenvalue weighted by molar-refractivity contribution is 7.91. The van der Waals surface area contributed by atoms with Crippen molar-refractivity contribution in [1.29, 1.82) is 0 Å². The number of carbonyl (C=O) groups is 2. The summed E-state index contributed by atoms with van der Waals surface area (Å²) in [6, 6.07) is 4.41. The molecule has 1 aliphatic rings. The Labute approximate surface area is 157 Å². The quantitative estimate of drug-likeness (QED) is 0.705. The van der Waals surface area contributed by atoms with E-state index in [0.29, 0.717) is 24.0 Å². The molecule has 3 rings (SSSR count). The number of hydrogen-bond donors (Lipinski definition) is 0. The minimum atomic E-state index is -3.11. The van der Waals surface area contributed by atoms with Gasteiger partial charge in [0.25, 0.3) is 5.91 Å². The first-order valence-corrected chi connectivity index (χ1v) is 10.6. The molecule has 0 saturated carbocycles. The minimum absolute atomic E-state index is 0.0450. The van der Waals surface area contributed by atoms with Crippen LogP contribution in [0.5, 0.6) is 0 Å². The van der Waals surface area contributed by atoms with Crippen LogP contribution < -0.4 is 0 Å². The molecule has 0 aliphatic carbocycles. The third-order valence-corrected chi connectivity index (χ3v) is 6.36. The molecular formula is C18H21N3O5S. The SMILES string of the molecule is CCN(C(=O)[C@H](C)OC(=O)c1ccc2nccnc2c1)[C@H]1CCS(=O)(=O)C1. The van der Waals surface area contributed by atoms with Gasteiger partial charge in [0.1, 0.15) is 0 Å². The molecule has 0 spiro atoms. The van der Waals surface area contributed by atoms with E-state index in [2.05, 4.69) is 9.97 Å². The smallest absolute Gasteiger partial charge is 0.338 e. The van der Waals surface area contributed by atoms with Crippen molar-refractivity contribution in [2.45, 2.75) is 32.4 Å². The summed E-state index contributed by atoms with van der Waals surface area (Å²) in [7, 11) is -3.11. The fourth-order valence-corrected chi connectivity index (χ4v) is 4.95. The van der Waals surface area contributed by atoms with Gasteiger partial charge in [0.15, 0.2) is 15.9 Å². The molecule has 0 N–H and O–H groups in total. The number of benzene rings is 1. The van der Waals surface area contributed by atoms with E-state index >= 15 is 0 Å². The summed E-state index contributed by atoms with van der Waals surface area (Å²) >= 11 is 0. The Kier molecular flexibility index (Phi) is 5.41. The van der Waals surface area contributed by atoms with Crippen molar-refractivity contribution < 1.29 is 22.7 Å². The van der Waals surface area contributed by atoms with Crippen LogP contribution >= 0.6 is 0 Å². The summed E-state index contributed by atoms with van der Waals surface area (Å²) in [6.07, 6.45) is 2.48. The van der Waals surface area contributed by atoms with Crippen molar-refractivity contribution in [3.05, 3.63) is 36.2 Å². The molecule has 0 radical (unpaired) electrons. The van der Waals surface area contributed by atoms with Crippen molar-refractivity contribution in [3.8, 4) is 0 Å². The van der Waals surface area contributed by atoms with Crippen LogP contribution in [0.4, 0.5) is 0 Å². The monoisotopic (exact) mass is 391 g/mol. The van der Waals surface area contributed by atoms with Crippen LogP contribution in [0, 0.1) is 0 Å². The third kappa shape index (κ3) is 4.24. The maximum absolute atomic E-state index is 12.7. The fraction of sp³-hybridized carbons (Fsp3) is 0.444. The van der Waals surface area contributed by atoms with Crippen molar-refractivity contribution in [2.75, 3.05) is 18.1 Å². The van der Waals surface area contributed by atoms with Crippen LogP contribution in [0.2, 0.25) is 0 Å². The molecule has 27 heavy (non-hydrogen) atoms. The molecule has 8 nitrogen and oxygen atoms in total. The van der Waals surface area contributed by atoms with Gasteiger partial charge in [-0.05, 0) is 38.5 Å². The minimum Gasteiger partial charge on any atom is -0.449 e. The van der Waals surface area contributed by atoms with Gasteiger partial charge in [-0.15, -0.1) is 0 Å². The lowest BCUT2D eigenvalue weighted by atomic mass is 10.2. The zero-order valence-electron chi connectivity index (χ0n) is 15.2. The van der Waals surface area contributed by atoms with Gasteiger partial charge in [0, 0.05) is 25.0 Å². The van der Waals surface area contributed by atoms with Crippen molar-refractivity contribution in [3.63, 3.8) is 0 Å². The van der Waals surface area contributed by atoms with E-state index in [1.165, 1.54) is 18.0 Å². The van der Waals surface area contributed by atoms with Crippen LogP contribution in [-0.2, 0) is 19.4 Å². The van der Waals surface area contributed by atoms with Crippen molar-refractivity contribution >= 4 is 32.7 Å². The Morgan fingerprint density at radius 3 is 2.59 bits per heavy atom. The lowest BCUT2D eigenvalue weighted by Gasteiger charge is -2.29. The number of sulfone groups is 1. The van der Waals surface area contributed by atoms with Crippen molar-refractivity contribution in [2.24, 2.45) is 0 Å². The highest BCUT2D eigenvalue weighted by atomic mass is 32.2. The Morgan fingerprint density at radius 2 is 1.96 bits per heavy atom. The van der Waals surface area contributed by atoms with E-state index in [0.717, 1.165) is 0 Å². The highest BCUT2D eigenvalue weighted by Gasteiger charge is 2.36. The summed E-state index contributed by atoms with van der Waals surface area (Å²) in [5.41, 5.74) is 1.48. The number of fused-ring (bicyclic) bond motifs is 1. The zero-order valence-corrected chi connectivity index (χ0v) is 16.0. The molecule has 1 amide bonds. The number of aromatic nitrogens is 2. The van der Waals surface area contributed by atoms with Crippen LogP contribution in [0.25, 0.3) is 11.0 Å². The maximum atomic E-state index is 12.7. The number of rotatable bonds is 5. The largest absolute Gasteiger partial charge is 0.449 e. The molecule has 1 aliphatic heterocycles. The average Bonchev–Trinajstić information content (AvgIpc) is 3.01. The zero-order chi connectivity index (χ0) is 19.6. The summed E-state index contributed by atoms with van der Waals surface area (Å²) in [6.45, 7) is 3.62. The molecule has 1 aromatic heterocycles. The van der Waals surface area contributed by atoms with Gasteiger partial charge in [-0.3, -0.25) is 14.8 Å². The topological polar surface area (TPSA) is 107 Å². The van der Waals surface area contributed by atoms with E-state index < -0.39 is 27.8 Å². The first-order chi connectivity index (χ1) is 12.8. The first-order valence-electron chi connectivity index (χ1n) is 8.73. The number of carbonyl (C=O) groups excluding carboxylic acids is 2. The van der Waals surface area contributed by atoms with Gasteiger partial charge >= 0.3 is 5.97 Å². The van der Waals surface area contributed by atoms with Crippen LogP contribution in [-0.4, -0.2) is 65.4 Å². The average molecular weight is 391 g/mol. The lowest BCUT2D eigenvalue weighted by Crippen LogP contribution is -2.46. The van der Waals surface area contributed by atoms with Crippen LogP contribution in [0.3, 0.4) is 0 Å². The molecule has 1 saturated heterocycles. The Balaban J connectivity index is 1.69. The summed E-state index contributed by atoms with van der Waals surface area (Å²) in [5.74, 6) is -1.00. The first kappa shape index (κ1) is 19.2. The summed E-state index contributed by atoms with van der Waals surface area (Å²) in [5, 5.41) is 0. The molecule has 2 heterocycles. The van der Waals surface area contributed by atoms with E-state index in [1.54, 1.807) is 31.3 Å². The predicted octanol–water partition coefficient (Wildman–Crippen LogP) is 1.21. The second kappa shape index (κ2) is 7.59. The molecular weight excluding hydrogens is 370 g/mol. The highest BCUT2D eigenvalue weighted by Crippen LogP contribution is 2.19. The molecule has 1 fully saturated rings. The van der Waals surface area contributed by atoms with Gasteiger partial charge in [0.2, 0.25) is 0 Å². The van der Waals surface area contributed by atoms with Crippen LogP contribution in [0.15, 0.2) is 30.6 Å². The lowest BCUT2D eigenvalue weighted by molar-refractivity contribution is -0.141. The molecule has 144 valence electrons.